The number of imidazole rings is 1. The van der Waals surface area contributed by atoms with Gasteiger partial charge < -0.3 is 19.8 Å². The molecule has 5 heteroatoms. The molecular formula is C12H15N3O2. The molecule has 2 aromatic rings. The minimum absolute atomic E-state index is 0.624. The number of hydrogen-bond donors (Lipinski definition) is 1. The Morgan fingerprint density at radius 2 is 2.12 bits per heavy atom. The van der Waals surface area contributed by atoms with Crippen molar-refractivity contribution in [3.8, 4) is 11.5 Å². The van der Waals surface area contributed by atoms with Crippen LogP contribution in [0.4, 0.5) is 5.82 Å². The van der Waals surface area contributed by atoms with Crippen LogP contribution in [0.25, 0.3) is 0 Å². The van der Waals surface area contributed by atoms with Crippen LogP contribution in [-0.2, 0) is 6.54 Å². The molecule has 0 atom stereocenters. The monoisotopic (exact) mass is 233 g/mol. The van der Waals surface area contributed by atoms with Crippen molar-refractivity contribution in [2.75, 3.05) is 20.0 Å². The molecular weight excluding hydrogens is 218 g/mol. The molecule has 0 bridgehead atoms. The summed E-state index contributed by atoms with van der Waals surface area (Å²) < 4.78 is 12.3. The number of nitrogens with two attached hydrogens (primary N) is 1. The van der Waals surface area contributed by atoms with Gasteiger partial charge in [0.15, 0.2) is 0 Å². The normalized spacial score (nSPS) is 10.2. The van der Waals surface area contributed by atoms with Gasteiger partial charge in [-0.3, -0.25) is 0 Å². The third kappa shape index (κ3) is 2.33. The Hall–Kier alpha value is -2.17. The van der Waals surface area contributed by atoms with Gasteiger partial charge in [-0.2, -0.15) is 0 Å². The van der Waals surface area contributed by atoms with Crippen LogP contribution >= 0.6 is 0 Å². The summed E-state index contributed by atoms with van der Waals surface area (Å²) in [7, 11) is 3.26. The number of hydrogen-bond acceptors (Lipinski definition) is 4. The average molecular weight is 233 g/mol. The van der Waals surface area contributed by atoms with Gasteiger partial charge in [0.25, 0.3) is 0 Å². The molecule has 2 N–H and O–H groups in total. The number of nitrogens with zero attached hydrogens (tertiary/aromatic N) is 2. The van der Waals surface area contributed by atoms with E-state index >= 15 is 0 Å². The van der Waals surface area contributed by atoms with E-state index in [0.29, 0.717) is 12.4 Å². The highest BCUT2D eigenvalue weighted by atomic mass is 16.5. The second-order valence-electron chi connectivity index (χ2n) is 3.62. The summed E-state index contributed by atoms with van der Waals surface area (Å²) in [6.07, 6.45) is 3.31. The minimum Gasteiger partial charge on any atom is -0.497 e. The van der Waals surface area contributed by atoms with Crippen LogP contribution in [0.5, 0.6) is 11.5 Å². The van der Waals surface area contributed by atoms with Crippen molar-refractivity contribution in [1.82, 2.24) is 9.55 Å². The second kappa shape index (κ2) is 4.78. The van der Waals surface area contributed by atoms with Gasteiger partial charge in [0.1, 0.15) is 17.3 Å². The number of anilines is 1. The Morgan fingerprint density at radius 1 is 1.29 bits per heavy atom. The average Bonchev–Trinajstić information content (AvgIpc) is 2.75. The van der Waals surface area contributed by atoms with E-state index in [9.17, 15) is 0 Å². The van der Waals surface area contributed by atoms with Crippen LogP contribution < -0.4 is 15.2 Å². The Kier molecular flexibility index (Phi) is 3.18. The second-order valence-corrected chi connectivity index (χ2v) is 3.62. The zero-order valence-electron chi connectivity index (χ0n) is 9.88. The maximum Gasteiger partial charge on any atom is 0.127 e. The van der Waals surface area contributed by atoms with Crippen molar-refractivity contribution in [2.24, 2.45) is 0 Å². The van der Waals surface area contributed by atoms with Crippen LogP contribution in [0.1, 0.15) is 5.56 Å². The molecule has 5 nitrogen and oxygen atoms in total. The summed E-state index contributed by atoms with van der Waals surface area (Å²) in [5, 5.41) is 0. The fourth-order valence-corrected chi connectivity index (χ4v) is 1.63. The highest BCUT2D eigenvalue weighted by Gasteiger charge is 2.07. The number of rotatable bonds is 4. The molecule has 0 radical (unpaired) electrons. The van der Waals surface area contributed by atoms with Gasteiger partial charge in [-0.15, -0.1) is 0 Å². The third-order valence-electron chi connectivity index (χ3n) is 2.58. The lowest BCUT2D eigenvalue weighted by molar-refractivity contribution is 0.390. The molecule has 0 spiro atoms. The van der Waals surface area contributed by atoms with E-state index in [1.807, 2.05) is 22.8 Å². The standard InChI is InChI=1S/C12H15N3O2/c1-16-10-4-3-9(11(5-10)17-2)7-15-8-14-6-12(15)13/h3-6,8H,7,13H2,1-2H3. The topological polar surface area (TPSA) is 62.3 Å². The summed E-state index contributed by atoms with van der Waals surface area (Å²) >= 11 is 0. The van der Waals surface area contributed by atoms with Crippen molar-refractivity contribution in [3.05, 3.63) is 36.3 Å². The quantitative estimate of drug-likeness (QED) is 0.870. The maximum atomic E-state index is 5.77. The predicted octanol–water partition coefficient (Wildman–Crippen LogP) is 1.53. The first kappa shape index (κ1) is 11.3. The highest BCUT2D eigenvalue weighted by molar-refractivity contribution is 5.41. The van der Waals surface area contributed by atoms with Crippen LogP contribution in [0.15, 0.2) is 30.7 Å². The number of ether oxygens (including phenoxy) is 2. The van der Waals surface area contributed by atoms with Crippen molar-refractivity contribution >= 4 is 5.82 Å². The minimum atomic E-state index is 0.624. The predicted molar refractivity (Wildman–Crippen MR) is 65.3 cm³/mol. The first-order valence-corrected chi connectivity index (χ1v) is 5.21. The Morgan fingerprint density at radius 3 is 2.71 bits per heavy atom. The lowest BCUT2D eigenvalue weighted by Gasteiger charge is -2.11. The van der Waals surface area contributed by atoms with E-state index in [1.54, 1.807) is 26.7 Å². The lowest BCUT2D eigenvalue weighted by Crippen LogP contribution is -2.04. The molecule has 0 aliphatic carbocycles. The first-order chi connectivity index (χ1) is 8.24. The fraction of sp³-hybridized carbons (Fsp3) is 0.250. The summed E-state index contributed by atoms with van der Waals surface area (Å²) in [5.41, 5.74) is 6.80. The molecule has 17 heavy (non-hydrogen) atoms. The van der Waals surface area contributed by atoms with E-state index < -0.39 is 0 Å². The van der Waals surface area contributed by atoms with E-state index in [0.717, 1.165) is 17.1 Å². The van der Waals surface area contributed by atoms with Crippen molar-refractivity contribution < 1.29 is 9.47 Å². The SMILES string of the molecule is COc1ccc(Cn2cncc2N)c(OC)c1. The summed E-state index contributed by atoms with van der Waals surface area (Å²) in [6, 6.07) is 5.70. The van der Waals surface area contributed by atoms with Crippen LogP contribution in [0.2, 0.25) is 0 Å². The number of methoxy groups -OCH3 is 2. The third-order valence-corrected chi connectivity index (χ3v) is 2.58. The van der Waals surface area contributed by atoms with Crippen LogP contribution in [-0.4, -0.2) is 23.8 Å². The molecule has 2 rings (SSSR count). The van der Waals surface area contributed by atoms with Gasteiger partial charge in [0.05, 0.1) is 33.3 Å². The summed E-state index contributed by atoms with van der Waals surface area (Å²) in [5.74, 6) is 2.17. The van der Waals surface area contributed by atoms with Crippen LogP contribution in [0, 0.1) is 0 Å². The smallest absolute Gasteiger partial charge is 0.127 e. The number of benzene rings is 1. The molecule has 1 aromatic carbocycles. The summed E-state index contributed by atoms with van der Waals surface area (Å²) in [4.78, 5) is 3.98. The van der Waals surface area contributed by atoms with Gasteiger partial charge in [-0.1, -0.05) is 0 Å². The van der Waals surface area contributed by atoms with E-state index in [-0.39, 0.29) is 0 Å². The van der Waals surface area contributed by atoms with E-state index in [2.05, 4.69) is 4.98 Å². The van der Waals surface area contributed by atoms with Gasteiger partial charge in [0, 0.05) is 11.6 Å². The van der Waals surface area contributed by atoms with Crippen molar-refractivity contribution in [2.45, 2.75) is 6.54 Å². The molecule has 0 aliphatic heterocycles. The summed E-state index contributed by atoms with van der Waals surface area (Å²) in [6.45, 7) is 0.624. The molecule has 0 unspecified atom stereocenters. The molecule has 1 aromatic heterocycles. The highest BCUT2D eigenvalue weighted by Crippen LogP contribution is 2.25. The van der Waals surface area contributed by atoms with Crippen molar-refractivity contribution in [3.63, 3.8) is 0 Å². The molecule has 1 heterocycles. The number of aromatic nitrogens is 2. The molecule has 0 fully saturated rings. The van der Waals surface area contributed by atoms with Gasteiger partial charge in [0.2, 0.25) is 0 Å². The lowest BCUT2D eigenvalue weighted by atomic mass is 10.2. The van der Waals surface area contributed by atoms with E-state index in [4.69, 9.17) is 15.2 Å². The zero-order chi connectivity index (χ0) is 12.3. The molecule has 0 aliphatic rings. The molecule has 0 saturated carbocycles. The zero-order valence-corrected chi connectivity index (χ0v) is 9.88. The van der Waals surface area contributed by atoms with Gasteiger partial charge in [-0.25, -0.2) is 4.98 Å². The van der Waals surface area contributed by atoms with Crippen LogP contribution in [0.3, 0.4) is 0 Å². The Balaban J connectivity index is 2.29. The van der Waals surface area contributed by atoms with Gasteiger partial charge in [-0.05, 0) is 12.1 Å². The molecule has 90 valence electrons. The Labute approximate surface area is 99.8 Å². The number of nitrogen functional groups attached to an aromatic ring is 1. The molecule has 0 amide bonds. The first-order valence-electron chi connectivity index (χ1n) is 5.21. The van der Waals surface area contributed by atoms with E-state index in [1.165, 1.54) is 0 Å². The maximum absolute atomic E-state index is 5.77. The van der Waals surface area contributed by atoms with Gasteiger partial charge >= 0.3 is 0 Å². The fourth-order valence-electron chi connectivity index (χ4n) is 1.63. The largest absolute Gasteiger partial charge is 0.497 e. The van der Waals surface area contributed by atoms with Crippen molar-refractivity contribution in [1.29, 1.82) is 0 Å². The molecule has 0 saturated heterocycles. The Bertz CT molecular complexity index is 508.